The average Bonchev–Trinajstić information content (AvgIpc) is 3.33. The summed E-state index contributed by atoms with van der Waals surface area (Å²) in [5.41, 5.74) is 2.16. The number of epoxide rings is 1. The first kappa shape index (κ1) is 21.8. The van der Waals surface area contributed by atoms with Crippen molar-refractivity contribution in [3.8, 4) is 0 Å². The lowest BCUT2D eigenvalue weighted by atomic mass is 9.48. The quantitative estimate of drug-likeness (QED) is 0.599. The van der Waals surface area contributed by atoms with Crippen LogP contribution in [0.4, 0.5) is 0 Å². The second-order valence-electron chi connectivity index (χ2n) is 12.9. The number of hydrogen-bond donors (Lipinski definition) is 1. The van der Waals surface area contributed by atoms with Crippen LogP contribution in [0.25, 0.3) is 11.0 Å². The molecule has 1 saturated heterocycles. The van der Waals surface area contributed by atoms with Crippen molar-refractivity contribution in [2.75, 3.05) is 0 Å². The second kappa shape index (κ2) is 7.77. The summed E-state index contributed by atoms with van der Waals surface area (Å²) in [6.45, 7) is 5.63. The molecule has 1 aromatic carbocycles. The molecule has 0 amide bonds. The Kier molecular flexibility index (Phi) is 4.98. The predicted octanol–water partition coefficient (Wildman–Crippen LogP) is 5.61. The fourth-order valence-electron chi connectivity index (χ4n) is 9.74. The molecular formula is C29H41N3O2. The van der Waals surface area contributed by atoms with Crippen LogP contribution in [0.1, 0.15) is 78.1 Å². The maximum Gasteiger partial charge on any atom is 0.113 e. The van der Waals surface area contributed by atoms with Gasteiger partial charge < -0.3 is 9.84 Å². The molecule has 10 atom stereocenters. The smallest absolute Gasteiger partial charge is 0.113 e. The molecule has 7 rings (SSSR count). The Labute approximate surface area is 203 Å². The van der Waals surface area contributed by atoms with Gasteiger partial charge in [0.15, 0.2) is 0 Å². The van der Waals surface area contributed by atoms with Gasteiger partial charge in [-0.1, -0.05) is 31.2 Å². The van der Waals surface area contributed by atoms with Crippen molar-refractivity contribution in [2.45, 2.75) is 102 Å². The van der Waals surface area contributed by atoms with Crippen LogP contribution in [0, 0.1) is 40.9 Å². The van der Waals surface area contributed by atoms with E-state index in [0.717, 1.165) is 66.4 Å². The van der Waals surface area contributed by atoms with Gasteiger partial charge >= 0.3 is 0 Å². The molecule has 1 aromatic heterocycles. The standard InChI is InChI=1S/C29H41N3O2/c1-3-29(33)15-13-19-18(16-29)8-9-21-20(19)12-14-28(2)22(21)10-11-23(28)27-26(34-27)17-32-25-7-5-4-6-24(25)30-31-32/h4-7,18-23,26-27,33H,3,8-17H2,1-2H3/t18-,19-,20+,21+,22-,23+,26+,27?,28-,29+/m0/s1. The number of hydrogen-bond acceptors (Lipinski definition) is 4. The van der Waals surface area contributed by atoms with E-state index in [9.17, 15) is 5.11 Å². The Morgan fingerprint density at radius 1 is 1.00 bits per heavy atom. The number of aromatic nitrogens is 3. The largest absolute Gasteiger partial charge is 0.390 e. The molecule has 2 aromatic rings. The Morgan fingerprint density at radius 3 is 2.71 bits per heavy atom. The highest BCUT2D eigenvalue weighted by Crippen LogP contribution is 2.66. The van der Waals surface area contributed by atoms with Gasteiger partial charge in [-0.2, -0.15) is 0 Å². The summed E-state index contributed by atoms with van der Waals surface area (Å²) in [4.78, 5) is 0. The van der Waals surface area contributed by atoms with Crippen molar-refractivity contribution in [1.82, 2.24) is 15.0 Å². The summed E-state index contributed by atoms with van der Waals surface area (Å²) < 4.78 is 8.43. The van der Waals surface area contributed by atoms with Crippen LogP contribution in [0.3, 0.4) is 0 Å². The first-order valence-electron chi connectivity index (χ1n) is 14.2. The van der Waals surface area contributed by atoms with Gasteiger partial charge in [-0.3, -0.25) is 0 Å². The second-order valence-corrected chi connectivity index (χ2v) is 12.9. The van der Waals surface area contributed by atoms with E-state index in [0.29, 0.717) is 23.5 Å². The molecule has 4 aliphatic carbocycles. The van der Waals surface area contributed by atoms with E-state index in [1.807, 2.05) is 16.8 Å². The molecule has 2 heterocycles. The van der Waals surface area contributed by atoms with E-state index >= 15 is 0 Å². The molecule has 184 valence electrons. The third-order valence-corrected chi connectivity index (χ3v) is 11.6. The fourth-order valence-corrected chi connectivity index (χ4v) is 9.74. The molecular weight excluding hydrogens is 422 g/mol. The number of fused-ring (bicyclic) bond motifs is 6. The number of aliphatic hydroxyl groups is 1. The molecule has 5 aliphatic rings. The molecule has 1 unspecified atom stereocenters. The third-order valence-electron chi connectivity index (χ3n) is 11.6. The summed E-state index contributed by atoms with van der Waals surface area (Å²) in [7, 11) is 0. The van der Waals surface area contributed by atoms with Crippen molar-refractivity contribution in [2.24, 2.45) is 40.9 Å². The average molecular weight is 464 g/mol. The van der Waals surface area contributed by atoms with Crippen LogP contribution in [-0.4, -0.2) is 37.9 Å². The first-order chi connectivity index (χ1) is 16.5. The van der Waals surface area contributed by atoms with Gasteiger partial charge in [0, 0.05) is 0 Å². The van der Waals surface area contributed by atoms with Crippen molar-refractivity contribution < 1.29 is 9.84 Å². The minimum Gasteiger partial charge on any atom is -0.390 e. The summed E-state index contributed by atoms with van der Waals surface area (Å²) in [6.07, 6.45) is 13.3. The molecule has 34 heavy (non-hydrogen) atoms. The van der Waals surface area contributed by atoms with Gasteiger partial charge in [-0.15, -0.1) is 5.10 Å². The number of ether oxygens (including phenoxy) is 1. The monoisotopic (exact) mass is 463 g/mol. The Balaban J connectivity index is 1.05. The summed E-state index contributed by atoms with van der Waals surface area (Å²) in [6, 6.07) is 8.25. The lowest BCUT2D eigenvalue weighted by Crippen LogP contribution is -2.51. The maximum absolute atomic E-state index is 11.0. The lowest BCUT2D eigenvalue weighted by molar-refractivity contribution is -0.107. The van der Waals surface area contributed by atoms with Gasteiger partial charge in [0.1, 0.15) is 11.6 Å². The molecule has 4 saturated carbocycles. The molecule has 1 aliphatic heterocycles. The molecule has 0 spiro atoms. The van der Waals surface area contributed by atoms with Crippen LogP contribution in [0.5, 0.6) is 0 Å². The van der Waals surface area contributed by atoms with E-state index in [1.165, 1.54) is 44.9 Å². The van der Waals surface area contributed by atoms with Crippen molar-refractivity contribution in [3.63, 3.8) is 0 Å². The topological polar surface area (TPSA) is 63.5 Å². The number of para-hydroxylation sites is 1. The molecule has 0 bridgehead atoms. The predicted molar refractivity (Wildman–Crippen MR) is 132 cm³/mol. The van der Waals surface area contributed by atoms with Crippen LogP contribution in [0.15, 0.2) is 24.3 Å². The van der Waals surface area contributed by atoms with Crippen molar-refractivity contribution >= 4 is 11.0 Å². The first-order valence-corrected chi connectivity index (χ1v) is 14.2. The molecule has 5 fully saturated rings. The summed E-state index contributed by atoms with van der Waals surface area (Å²) in [5, 5.41) is 19.7. The molecule has 5 nitrogen and oxygen atoms in total. The van der Waals surface area contributed by atoms with Crippen LogP contribution >= 0.6 is 0 Å². The molecule has 1 N–H and O–H groups in total. The van der Waals surface area contributed by atoms with E-state index in [-0.39, 0.29) is 5.60 Å². The maximum atomic E-state index is 11.0. The van der Waals surface area contributed by atoms with E-state index in [4.69, 9.17) is 4.74 Å². The Bertz CT molecular complexity index is 1070. The van der Waals surface area contributed by atoms with Gasteiger partial charge in [0.05, 0.1) is 23.8 Å². The minimum atomic E-state index is -0.372. The number of benzene rings is 1. The highest BCUT2D eigenvalue weighted by atomic mass is 16.6. The Hall–Kier alpha value is -1.46. The summed E-state index contributed by atoms with van der Waals surface area (Å²) in [5.74, 6) is 5.05. The van der Waals surface area contributed by atoms with Gasteiger partial charge in [-0.25, -0.2) is 4.68 Å². The van der Waals surface area contributed by atoms with Crippen LogP contribution in [0.2, 0.25) is 0 Å². The van der Waals surface area contributed by atoms with E-state index in [2.05, 4.69) is 36.3 Å². The number of rotatable bonds is 4. The molecule has 0 radical (unpaired) electrons. The minimum absolute atomic E-state index is 0.296. The lowest BCUT2D eigenvalue weighted by Gasteiger charge is -2.57. The van der Waals surface area contributed by atoms with Gasteiger partial charge in [0.25, 0.3) is 0 Å². The molecule has 5 heteroatoms. The Morgan fingerprint density at radius 2 is 1.82 bits per heavy atom. The SMILES string of the molecule is CC[C@@]1(O)CC[C@H]2[C@@H](CC[C@@H]3[C@@H]2CC[C@]2(C)[C@@H](C4O[C@@H]4Cn4nnc5ccccc54)CC[C@@H]32)C1. The summed E-state index contributed by atoms with van der Waals surface area (Å²) >= 11 is 0. The van der Waals surface area contributed by atoms with Gasteiger partial charge in [-0.05, 0) is 117 Å². The zero-order valence-corrected chi connectivity index (χ0v) is 20.9. The highest BCUT2D eigenvalue weighted by Gasteiger charge is 2.62. The zero-order chi connectivity index (χ0) is 23.1. The van der Waals surface area contributed by atoms with E-state index < -0.39 is 0 Å². The van der Waals surface area contributed by atoms with Crippen LogP contribution < -0.4 is 0 Å². The third kappa shape index (κ3) is 3.25. The number of nitrogens with zero attached hydrogens (tertiary/aromatic N) is 3. The fraction of sp³-hybridized carbons (Fsp3) is 0.793. The van der Waals surface area contributed by atoms with Gasteiger partial charge in [0.2, 0.25) is 0 Å². The van der Waals surface area contributed by atoms with Crippen LogP contribution in [-0.2, 0) is 11.3 Å². The van der Waals surface area contributed by atoms with E-state index in [1.54, 1.807) is 0 Å². The zero-order valence-electron chi connectivity index (χ0n) is 20.9. The highest BCUT2D eigenvalue weighted by molar-refractivity contribution is 5.73. The van der Waals surface area contributed by atoms with Crippen molar-refractivity contribution in [1.29, 1.82) is 0 Å². The normalized spacial score (nSPS) is 47.7. The van der Waals surface area contributed by atoms with Crippen molar-refractivity contribution in [3.05, 3.63) is 24.3 Å².